The van der Waals surface area contributed by atoms with Crippen molar-refractivity contribution in [3.63, 3.8) is 0 Å². The van der Waals surface area contributed by atoms with Crippen LogP contribution in [0.1, 0.15) is 10.4 Å². The van der Waals surface area contributed by atoms with E-state index in [1.807, 2.05) is 6.07 Å². The second-order valence-electron chi connectivity index (χ2n) is 6.54. The number of benzene rings is 1. The summed E-state index contributed by atoms with van der Waals surface area (Å²) < 4.78 is 0. The highest BCUT2D eigenvalue weighted by Crippen LogP contribution is 2.18. The van der Waals surface area contributed by atoms with Crippen molar-refractivity contribution in [2.45, 2.75) is 39.3 Å². The zero-order chi connectivity index (χ0) is 13.4. The molecule has 1 aromatic carbocycles. The van der Waals surface area contributed by atoms with Gasteiger partial charge in [-0.15, -0.1) is 0 Å². The van der Waals surface area contributed by atoms with Gasteiger partial charge in [-0.25, -0.2) is 0 Å². The van der Waals surface area contributed by atoms with Gasteiger partial charge in [0.1, 0.15) is 5.75 Å². The van der Waals surface area contributed by atoms with E-state index in [0.29, 0.717) is 5.56 Å². The highest BCUT2D eigenvalue weighted by molar-refractivity contribution is 6.99. The van der Waals surface area contributed by atoms with Gasteiger partial charge in [0, 0.05) is 0 Å². The molecule has 0 aliphatic rings. The highest BCUT2D eigenvalue weighted by Gasteiger charge is 2.31. The molecule has 1 aromatic rings. The maximum absolute atomic E-state index is 10.9. The lowest BCUT2D eigenvalue weighted by Gasteiger charge is -2.29. The van der Waals surface area contributed by atoms with Gasteiger partial charge >= 0.3 is 0 Å². The Bertz CT molecular complexity index is 440. The van der Waals surface area contributed by atoms with E-state index < -0.39 is 16.1 Å². The van der Waals surface area contributed by atoms with E-state index in [0.717, 1.165) is 11.5 Å². The summed E-state index contributed by atoms with van der Waals surface area (Å²) in [7, 11) is -3.15. The molecule has 0 aliphatic carbocycles. The van der Waals surface area contributed by atoms with Crippen molar-refractivity contribution in [2.75, 3.05) is 0 Å². The van der Waals surface area contributed by atoms with E-state index in [-0.39, 0.29) is 5.75 Å². The zero-order valence-electron chi connectivity index (χ0n) is 11.6. The van der Waals surface area contributed by atoms with Gasteiger partial charge in [-0.1, -0.05) is 50.5 Å². The third-order valence-electron chi connectivity index (χ3n) is 2.89. The molecule has 0 spiro atoms. The maximum atomic E-state index is 10.9. The Labute approximate surface area is 106 Å². The summed E-state index contributed by atoms with van der Waals surface area (Å²) in [5, 5.41) is 12.7. The minimum absolute atomic E-state index is 0.221. The number of phenols is 1. The van der Waals surface area contributed by atoms with Gasteiger partial charge in [0.2, 0.25) is 0 Å². The molecule has 0 fully saturated rings. The highest BCUT2D eigenvalue weighted by atomic mass is 28.3. The fourth-order valence-electron chi connectivity index (χ4n) is 2.09. The molecule has 4 heteroatoms. The molecule has 1 rings (SSSR count). The average Bonchev–Trinajstić information content (AvgIpc) is 2.13. The molecule has 0 bridgehead atoms. The Kier molecular flexibility index (Phi) is 3.69. The van der Waals surface area contributed by atoms with Gasteiger partial charge in [0.05, 0.1) is 21.7 Å². The van der Waals surface area contributed by atoms with Crippen molar-refractivity contribution in [1.29, 1.82) is 0 Å². The Balaban J connectivity index is 3.65. The zero-order valence-corrected chi connectivity index (χ0v) is 13.6. The number of aromatic hydroxyl groups is 1. The molecule has 0 aromatic heterocycles. The Morgan fingerprint density at radius 3 is 1.88 bits per heavy atom. The van der Waals surface area contributed by atoms with Crippen LogP contribution in [0, 0.1) is 0 Å². The van der Waals surface area contributed by atoms with Crippen molar-refractivity contribution in [2.24, 2.45) is 0 Å². The summed E-state index contributed by atoms with van der Waals surface area (Å²) in [5.74, 6) is 0.221. The van der Waals surface area contributed by atoms with Crippen LogP contribution in [0.2, 0.25) is 39.3 Å². The van der Waals surface area contributed by atoms with Crippen LogP contribution in [0.25, 0.3) is 0 Å². The molecule has 0 saturated heterocycles. The number of rotatable bonds is 3. The van der Waals surface area contributed by atoms with Crippen LogP contribution in [-0.2, 0) is 0 Å². The molecule has 0 saturated carbocycles. The Morgan fingerprint density at radius 1 is 1.00 bits per heavy atom. The number of carbonyl (C=O) groups excluding carboxylic acids is 1. The Hall–Kier alpha value is -0.876. The normalized spacial score (nSPS) is 12.6. The number of hydrogen-bond donors (Lipinski definition) is 1. The standard InChI is InChI=1S/C13H22O2Si2/c1-16(2,3)11-8-7-10(9-14)12(15)13(11)17(4,5)6/h7-9,15H,1-6H3. The summed E-state index contributed by atoms with van der Waals surface area (Å²) in [6.07, 6.45) is 0.743. The van der Waals surface area contributed by atoms with Crippen molar-refractivity contribution < 1.29 is 9.90 Å². The number of aldehydes is 1. The first-order valence-corrected chi connectivity index (χ1v) is 12.9. The summed E-state index contributed by atoms with van der Waals surface area (Å²) in [6, 6.07) is 3.79. The SMILES string of the molecule is C[Si](C)(C)c1ccc(C=O)c(O)c1[Si](C)(C)C. The molecule has 17 heavy (non-hydrogen) atoms. The first-order valence-electron chi connectivity index (χ1n) is 5.91. The molecule has 0 heterocycles. The molecule has 0 amide bonds. The topological polar surface area (TPSA) is 37.3 Å². The maximum Gasteiger partial charge on any atom is 0.153 e. The van der Waals surface area contributed by atoms with Crippen molar-refractivity contribution >= 4 is 32.8 Å². The summed E-state index contributed by atoms with van der Waals surface area (Å²) in [5.41, 5.74) is 0.421. The summed E-state index contributed by atoms with van der Waals surface area (Å²) in [4.78, 5) is 10.9. The predicted octanol–water partition coefficient (Wildman–Crippen LogP) is 2.30. The first kappa shape index (κ1) is 14.2. The van der Waals surface area contributed by atoms with E-state index in [2.05, 4.69) is 39.3 Å². The van der Waals surface area contributed by atoms with E-state index in [4.69, 9.17) is 0 Å². The summed E-state index contributed by atoms with van der Waals surface area (Å²) in [6.45, 7) is 13.4. The first-order chi connectivity index (χ1) is 7.59. The molecule has 2 nitrogen and oxygen atoms in total. The van der Waals surface area contributed by atoms with E-state index in [9.17, 15) is 9.90 Å². The molecule has 0 radical (unpaired) electrons. The lowest BCUT2D eigenvalue weighted by atomic mass is 10.2. The lowest BCUT2D eigenvalue weighted by molar-refractivity contribution is 0.112. The molecule has 1 N–H and O–H groups in total. The van der Waals surface area contributed by atoms with Crippen LogP contribution in [0.4, 0.5) is 0 Å². The minimum Gasteiger partial charge on any atom is -0.507 e. The van der Waals surface area contributed by atoms with Crippen molar-refractivity contribution in [3.8, 4) is 5.75 Å². The van der Waals surface area contributed by atoms with Gasteiger partial charge in [-0.2, -0.15) is 0 Å². The quantitative estimate of drug-likeness (QED) is 0.673. The molecule has 94 valence electrons. The number of hydrogen-bond acceptors (Lipinski definition) is 2. The lowest BCUT2D eigenvalue weighted by Crippen LogP contribution is -2.56. The van der Waals surface area contributed by atoms with Crippen LogP contribution in [0.5, 0.6) is 5.75 Å². The predicted molar refractivity (Wildman–Crippen MR) is 79.5 cm³/mol. The smallest absolute Gasteiger partial charge is 0.153 e. The largest absolute Gasteiger partial charge is 0.507 e. The second-order valence-corrected chi connectivity index (χ2v) is 16.6. The molecular formula is C13H22O2Si2. The van der Waals surface area contributed by atoms with Gasteiger partial charge in [-0.3, -0.25) is 4.79 Å². The van der Waals surface area contributed by atoms with Crippen LogP contribution in [0.15, 0.2) is 12.1 Å². The van der Waals surface area contributed by atoms with Gasteiger partial charge < -0.3 is 5.11 Å². The molecular weight excluding hydrogens is 244 g/mol. The Morgan fingerprint density at radius 2 is 1.53 bits per heavy atom. The van der Waals surface area contributed by atoms with E-state index >= 15 is 0 Å². The van der Waals surface area contributed by atoms with Crippen LogP contribution >= 0.6 is 0 Å². The van der Waals surface area contributed by atoms with Crippen molar-refractivity contribution in [1.82, 2.24) is 0 Å². The second kappa shape index (κ2) is 4.42. The third-order valence-corrected chi connectivity index (χ3v) is 7.18. The van der Waals surface area contributed by atoms with E-state index in [1.54, 1.807) is 6.07 Å². The fraction of sp³-hybridized carbons (Fsp3) is 0.462. The summed E-state index contributed by atoms with van der Waals surface area (Å²) >= 11 is 0. The van der Waals surface area contributed by atoms with Gasteiger partial charge in [-0.05, 0) is 11.3 Å². The van der Waals surface area contributed by atoms with Gasteiger partial charge in [0.25, 0.3) is 0 Å². The fourth-order valence-corrected chi connectivity index (χ4v) is 7.53. The monoisotopic (exact) mass is 266 g/mol. The van der Waals surface area contributed by atoms with Crippen molar-refractivity contribution in [3.05, 3.63) is 17.7 Å². The van der Waals surface area contributed by atoms with Crippen LogP contribution in [-0.4, -0.2) is 27.5 Å². The average molecular weight is 266 g/mol. The van der Waals surface area contributed by atoms with Gasteiger partial charge in [0.15, 0.2) is 6.29 Å². The van der Waals surface area contributed by atoms with E-state index in [1.165, 1.54) is 5.19 Å². The molecule has 0 aliphatic heterocycles. The number of phenolic OH excluding ortho intramolecular Hbond substituents is 1. The number of carbonyl (C=O) groups is 1. The minimum atomic E-state index is -1.65. The third kappa shape index (κ3) is 2.87. The van der Waals surface area contributed by atoms with Crippen LogP contribution < -0.4 is 10.4 Å². The van der Waals surface area contributed by atoms with Crippen LogP contribution in [0.3, 0.4) is 0 Å². The molecule has 0 unspecified atom stereocenters. The molecule has 0 atom stereocenters.